The molecule has 8 nitrogen and oxygen atoms in total. The van der Waals surface area contributed by atoms with Gasteiger partial charge in [-0.05, 0) is 56.2 Å². The molecule has 0 radical (unpaired) electrons. The minimum absolute atomic E-state index is 0.0383. The molecule has 0 bridgehead atoms. The summed E-state index contributed by atoms with van der Waals surface area (Å²) in [6.07, 6.45) is 4.05. The first-order valence-corrected chi connectivity index (χ1v) is 14.5. The number of carbonyl (C=O) groups is 2. The first-order chi connectivity index (χ1) is 17.8. The number of nitriles is 1. The predicted octanol–water partition coefficient (Wildman–Crippen LogP) is 5.62. The zero-order chi connectivity index (χ0) is 26.5. The molecule has 0 unspecified atom stereocenters. The number of benzene rings is 1. The Hall–Kier alpha value is -2.87. The first-order valence-electron chi connectivity index (χ1n) is 12.3. The molecule has 4 rings (SSSR count). The van der Waals surface area contributed by atoms with E-state index in [1.807, 2.05) is 25.3 Å². The molecule has 1 aromatic carbocycles. The van der Waals surface area contributed by atoms with Crippen molar-refractivity contribution < 1.29 is 9.59 Å². The normalized spacial score (nSPS) is 13.6. The summed E-state index contributed by atoms with van der Waals surface area (Å²) in [7, 11) is 0. The van der Waals surface area contributed by atoms with Crippen molar-refractivity contribution in [3.63, 3.8) is 0 Å². The highest BCUT2D eigenvalue weighted by molar-refractivity contribution is 7.99. The van der Waals surface area contributed by atoms with Gasteiger partial charge in [-0.3, -0.25) is 9.59 Å². The molecule has 1 aliphatic carbocycles. The van der Waals surface area contributed by atoms with Crippen LogP contribution in [0, 0.1) is 17.2 Å². The van der Waals surface area contributed by atoms with E-state index in [-0.39, 0.29) is 23.5 Å². The lowest BCUT2D eigenvalue weighted by Gasteiger charge is -2.22. The molecule has 0 fully saturated rings. The van der Waals surface area contributed by atoms with Crippen LogP contribution >= 0.6 is 34.7 Å². The van der Waals surface area contributed by atoms with Crippen molar-refractivity contribution in [1.29, 1.82) is 5.26 Å². The number of carbonyl (C=O) groups excluding carboxylic acids is 2. The van der Waals surface area contributed by atoms with E-state index in [0.717, 1.165) is 31.2 Å². The van der Waals surface area contributed by atoms with E-state index in [1.165, 1.54) is 28.0 Å². The third kappa shape index (κ3) is 6.00. The topological polar surface area (TPSA) is 113 Å². The molecule has 0 aliphatic heterocycles. The van der Waals surface area contributed by atoms with Crippen LogP contribution in [0.2, 0.25) is 5.02 Å². The fourth-order valence-electron chi connectivity index (χ4n) is 4.39. The Morgan fingerprint density at radius 2 is 2.00 bits per heavy atom. The highest BCUT2D eigenvalue weighted by Gasteiger charge is 2.27. The molecule has 3 aromatic rings. The van der Waals surface area contributed by atoms with Gasteiger partial charge in [-0.25, -0.2) is 0 Å². The van der Waals surface area contributed by atoms with Gasteiger partial charge in [-0.1, -0.05) is 49.3 Å². The average molecular weight is 557 g/mol. The van der Waals surface area contributed by atoms with Crippen LogP contribution in [-0.4, -0.2) is 32.3 Å². The summed E-state index contributed by atoms with van der Waals surface area (Å²) in [5.74, 6) is 0.314. The van der Waals surface area contributed by atoms with Gasteiger partial charge in [0.2, 0.25) is 5.91 Å². The molecule has 1 atom stereocenters. The number of amides is 2. The van der Waals surface area contributed by atoms with Gasteiger partial charge in [0.25, 0.3) is 5.91 Å². The standard InChI is InChI=1S/C26H29ClN6O2S2/c1-4-33-23(22(15(2)3)30-24(35)17-10-5-7-11-19(17)27)31-32-26(33)36-14-21(34)29-25-18(13-28)16-9-6-8-12-20(16)37-25/h5,7,10-11,15,22H,4,6,8-9,12,14H2,1-3H3,(H,29,34)(H,30,35)/t22-/m0/s1. The number of nitrogens with one attached hydrogen (secondary N) is 2. The van der Waals surface area contributed by atoms with Crippen molar-refractivity contribution >= 4 is 51.5 Å². The Morgan fingerprint density at radius 3 is 2.70 bits per heavy atom. The maximum Gasteiger partial charge on any atom is 0.253 e. The van der Waals surface area contributed by atoms with Crippen LogP contribution in [0.15, 0.2) is 29.4 Å². The largest absolute Gasteiger partial charge is 0.342 e. The highest BCUT2D eigenvalue weighted by Crippen LogP contribution is 2.37. The predicted molar refractivity (Wildman–Crippen MR) is 147 cm³/mol. The molecule has 1 aliphatic rings. The van der Waals surface area contributed by atoms with E-state index in [2.05, 4.69) is 26.9 Å². The monoisotopic (exact) mass is 556 g/mol. The molecule has 0 spiro atoms. The van der Waals surface area contributed by atoms with Gasteiger partial charge in [0.1, 0.15) is 11.1 Å². The Bertz CT molecular complexity index is 1340. The second-order valence-electron chi connectivity index (χ2n) is 9.12. The summed E-state index contributed by atoms with van der Waals surface area (Å²) in [5, 5.41) is 25.9. The summed E-state index contributed by atoms with van der Waals surface area (Å²) in [4.78, 5) is 26.9. The fourth-order valence-corrected chi connectivity index (χ4v) is 6.68. The summed E-state index contributed by atoms with van der Waals surface area (Å²) in [5.41, 5.74) is 2.09. The van der Waals surface area contributed by atoms with Crippen molar-refractivity contribution in [2.45, 2.75) is 64.2 Å². The van der Waals surface area contributed by atoms with Crippen LogP contribution in [0.25, 0.3) is 0 Å². The number of halogens is 1. The van der Waals surface area contributed by atoms with Crippen molar-refractivity contribution in [3.05, 3.63) is 56.7 Å². The van der Waals surface area contributed by atoms with Crippen LogP contribution in [0.4, 0.5) is 5.00 Å². The van der Waals surface area contributed by atoms with Gasteiger partial charge in [-0.15, -0.1) is 21.5 Å². The smallest absolute Gasteiger partial charge is 0.253 e. The highest BCUT2D eigenvalue weighted by atomic mass is 35.5. The van der Waals surface area contributed by atoms with Gasteiger partial charge in [-0.2, -0.15) is 5.26 Å². The van der Waals surface area contributed by atoms with E-state index in [4.69, 9.17) is 11.6 Å². The number of fused-ring (bicyclic) bond motifs is 1. The number of aromatic nitrogens is 3. The maximum atomic E-state index is 12.9. The van der Waals surface area contributed by atoms with Gasteiger partial charge in [0, 0.05) is 11.4 Å². The first kappa shape index (κ1) is 27.2. The molecule has 37 heavy (non-hydrogen) atoms. The van der Waals surface area contributed by atoms with Crippen molar-refractivity contribution in [3.8, 4) is 6.07 Å². The van der Waals surface area contributed by atoms with Crippen molar-refractivity contribution in [2.24, 2.45) is 5.92 Å². The Morgan fingerprint density at radius 1 is 1.24 bits per heavy atom. The van der Waals surface area contributed by atoms with Gasteiger partial charge in [0.05, 0.1) is 27.9 Å². The van der Waals surface area contributed by atoms with E-state index in [9.17, 15) is 14.9 Å². The van der Waals surface area contributed by atoms with Gasteiger partial charge >= 0.3 is 0 Å². The molecule has 2 amide bonds. The van der Waals surface area contributed by atoms with Gasteiger partial charge < -0.3 is 15.2 Å². The van der Waals surface area contributed by atoms with Crippen LogP contribution in [0.3, 0.4) is 0 Å². The van der Waals surface area contributed by atoms with Gasteiger partial charge in [0.15, 0.2) is 11.0 Å². The molecule has 11 heteroatoms. The van der Waals surface area contributed by atoms with E-state index >= 15 is 0 Å². The molecule has 2 aromatic heterocycles. The zero-order valence-corrected chi connectivity index (χ0v) is 23.4. The molecule has 194 valence electrons. The second-order valence-corrected chi connectivity index (χ2v) is 11.6. The lowest BCUT2D eigenvalue weighted by Crippen LogP contribution is -2.34. The number of aryl methyl sites for hydroxylation is 1. The van der Waals surface area contributed by atoms with Crippen LogP contribution < -0.4 is 10.6 Å². The summed E-state index contributed by atoms with van der Waals surface area (Å²) < 4.78 is 1.92. The zero-order valence-electron chi connectivity index (χ0n) is 21.0. The van der Waals surface area contributed by atoms with Crippen LogP contribution in [-0.2, 0) is 24.2 Å². The SMILES string of the molecule is CCn1c(SCC(=O)Nc2sc3c(c2C#N)CCCC3)nnc1[C@@H](NC(=O)c1ccccc1Cl)C(C)C. The van der Waals surface area contributed by atoms with Crippen LogP contribution in [0.5, 0.6) is 0 Å². The number of hydrogen-bond donors (Lipinski definition) is 2. The minimum atomic E-state index is -0.393. The second kappa shape index (κ2) is 12.1. The maximum absolute atomic E-state index is 12.9. The number of anilines is 1. The molecule has 2 heterocycles. The molecular weight excluding hydrogens is 528 g/mol. The number of thioether (sulfide) groups is 1. The summed E-state index contributed by atoms with van der Waals surface area (Å²) >= 11 is 9.01. The van der Waals surface area contributed by atoms with Crippen molar-refractivity contribution in [1.82, 2.24) is 20.1 Å². The molecule has 0 saturated carbocycles. The molecular formula is C26H29ClN6O2S2. The Balaban J connectivity index is 1.46. The van der Waals surface area contributed by atoms with E-state index < -0.39 is 6.04 Å². The minimum Gasteiger partial charge on any atom is -0.342 e. The third-order valence-electron chi connectivity index (χ3n) is 6.28. The van der Waals surface area contributed by atoms with Crippen molar-refractivity contribution in [2.75, 3.05) is 11.1 Å². The number of nitrogens with zero attached hydrogens (tertiary/aromatic N) is 4. The summed E-state index contributed by atoms with van der Waals surface area (Å²) in [6, 6.07) is 8.79. The van der Waals surface area contributed by atoms with E-state index in [0.29, 0.717) is 38.7 Å². The Kier molecular flexibility index (Phi) is 8.90. The number of rotatable bonds is 9. The molecule has 2 N–H and O–H groups in total. The van der Waals surface area contributed by atoms with Crippen LogP contribution in [0.1, 0.15) is 71.8 Å². The summed E-state index contributed by atoms with van der Waals surface area (Å²) in [6.45, 7) is 6.55. The fraction of sp³-hybridized carbons (Fsp3) is 0.423. The quantitative estimate of drug-likeness (QED) is 0.331. The average Bonchev–Trinajstić information content (AvgIpc) is 3.45. The third-order valence-corrected chi connectivity index (χ3v) is 8.78. The Labute approximate surface area is 229 Å². The van der Waals surface area contributed by atoms with E-state index in [1.54, 1.807) is 24.3 Å². The number of hydrogen-bond acceptors (Lipinski definition) is 7. The molecule has 0 saturated heterocycles. The lowest BCUT2D eigenvalue weighted by molar-refractivity contribution is -0.113. The lowest BCUT2D eigenvalue weighted by atomic mass is 9.96. The number of thiophene rings is 1.